The number of halogens is 1. The van der Waals surface area contributed by atoms with Crippen LogP contribution < -0.4 is 0 Å². The Kier molecular flexibility index (Phi) is 3.79. The fraction of sp³-hybridized carbons (Fsp3) is 0.353. The van der Waals surface area contributed by atoms with Gasteiger partial charge in [-0.3, -0.25) is 4.79 Å². The number of hydrogen-bond donors (Lipinski definition) is 0. The Morgan fingerprint density at radius 3 is 2.70 bits per heavy atom. The first-order valence-electron chi connectivity index (χ1n) is 7.13. The summed E-state index contributed by atoms with van der Waals surface area (Å²) in [6, 6.07) is 12.0. The van der Waals surface area contributed by atoms with Crippen molar-refractivity contribution in [2.24, 2.45) is 5.92 Å². The number of likely N-dealkylation sites (tertiary alicyclic amines) is 1. The van der Waals surface area contributed by atoms with Gasteiger partial charge in [-0.2, -0.15) is 0 Å². The van der Waals surface area contributed by atoms with Gasteiger partial charge in [0, 0.05) is 23.1 Å². The summed E-state index contributed by atoms with van der Waals surface area (Å²) in [4.78, 5) is 14.5. The molecule has 2 nitrogen and oxygen atoms in total. The average Bonchev–Trinajstić information content (AvgIpc) is 2.47. The molecule has 1 aliphatic heterocycles. The van der Waals surface area contributed by atoms with E-state index in [9.17, 15) is 4.79 Å². The zero-order chi connectivity index (χ0) is 14.1. The predicted molar refractivity (Wildman–Crippen MR) is 85.9 cm³/mol. The molecule has 2 aromatic carbocycles. The number of nitrogens with zero attached hydrogens (tertiary/aromatic N) is 1. The van der Waals surface area contributed by atoms with Gasteiger partial charge in [0.2, 0.25) is 0 Å². The van der Waals surface area contributed by atoms with Gasteiger partial charge in [-0.1, -0.05) is 41.1 Å². The Labute approximate surface area is 127 Å². The standard InChI is InChI=1S/C17H18BrNO/c1-12-7-9-19(10-8-12)17(20)14-5-6-15-13(11-14)3-2-4-16(15)18/h2-6,11-12H,7-10H2,1H3. The highest BCUT2D eigenvalue weighted by Crippen LogP contribution is 2.26. The second-order valence-corrected chi connectivity index (χ2v) is 6.50. The van der Waals surface area contributed by atoms with Gasteiger partial charge in [-0.05, 0) is 47.7 Å². The van der Waals surface area contributed by atoms with Crippen molar-refractivity contribution in [2.75, 3.05) is 13.1 Å². The van der Waals surface area contributed by atoms with Crippen LogP contribution in [0.15, 0.2) is 40.9 Å². The highest BCUT2D eigenvalue weighted by atomic mass is 79.9. The van der Waals surface area contributed by atoms with Gasteiger partial charge in [-0.15, -0.1) is 0 Å². The number of rotatable bonds is 1. The molecule has 2 aromatic rings. The first-order valence-corrected chi connectivity index (χ1v) is 7.92. The first-order chi connectivity index (χ1) is 9.65. The van der Waals surface area contributed by atoms with E-state index in [0.717, 1.165) is 52.7 Å². The normalized spacial score (nSPS) is 16.6. The molecule has 0 N–H and O–H groups in total. The van der Waals surface area contributed by atoms with E-state index in [1.807, 2.05) is 35.2 Å². The minimum atomic E-state index is 0.166. The van der Waals surface area contributed by atoms with Crippen LogP contribution in [0.4, 0.5) is 0 Å². The van der Waals surface area contributed by atoms with Crippen molar-refractivity contribution < 1.29 is 4.79 Å². The summed E-state index contributed by atoms with van der Waals surface area (Å²) < 4.78 is 1.07. The predicted octanol–water partition coefficient (Wildman–Crippen LogP) is 4.47. The number of hydrogen-bond acceptors (Lipinski definition) is 1. The van der Waals surface area contributed by atoms with E-state index in [4.69, 9.17) is 0 Å². The number of carbonyl (C=O) groups excluding carboxylic acids is 1. The molecule has 0 spiro atoms. The third-order valence-electron chi connectivity index (χ3n) is 4.15. The van der Waals surface area contributed by atoms with Gasteiger partial charge in [0.15, 0.2) is 0 Å². The third-order valence-corrected chi connectivity index (χ3v) is 4.84. The monoisotopic (exact) mass is 331 g/mol. The van der Waals surface area contributed by atoms with Crippen LogP contribution in [0.5, 0.6) is 0 Å². The highest BCUT2D eigenvalue weighted by molar-refractivity contribution is 9.10. The summed E-state index contributed by atoms with van der Waals surface area (Å²) >= 11 is 3.55. The average molecular weight is 332 g/mol. The third kappa shape index (κ3) is 2.59. The zero-order valence-electron chi connectivity index (χ0n) is 11.6. The van der Waals surface area contributed by atoms with Gasteiger partial charge in [0.05, 0.1) is 0 Å². The minimum Gasteiger partial charge on any atom is -0.339 e. The van der Waals surface area contributed by atoms with Crippen LogP contribution in [0.2, 0.25) is 0 Å². The lowest BCUT2D eigenvalue weighted by molar-refractivity contribution is 0.0697. The van der Waals surface area contributed by atoms with Crippen molar-refractivity contribution in [1.82, 2.24) is 4.90 Å². The van der Waals surface area contributed by atoms with Crippen molar-refractivity contribution >= 4 is 32.6 Å². The molecule has 104 valence electrons. The largest absolute Gasteiger partial charge is 0.339 e. The van der Waals surface area contributed by atoms with Crippen molar-refractivity contribution in [2.45, 2.75) is 19.8 Å². The number of benzene rings is 2. The zero-order valence-corrected chi connectivity index (χ0v) is 13.2. The molecule has 0 bridgehead atoms. The van der Waals surface area contributed by atoms with E-state index in [1.54, 1.807) is 0 Å². The van der Waals surface area contributed by atoms with Crippen LogP contribution in [0.25, 0.3) is 10.8 Å². The number of fused-ring (bicyclic) bond motifs is 1. The fourth-order valence-corrected chi connectivity index (χ4v) is 3.29. The van der Waals surface area contributed by atoms with Crippen LogP contribution in [-0.2, 0) is 0 Å². The van der Waals surface area contributed by atoms with E-state index in [1.165, 1.54) is 0 Å². The molecule has 0 aromatic heterocycles. The van der Waals surface area contributed by atoms with Gasteiger partial charge < -0.3 is 4.90 Å². The van der Waals surface area contributed by atoms with Crippen LogP contribution in [0.1, 0.15) is 30.1 Å². The van der Waals surface area contributed by atoms with Crippen molar-refractivity contribution in [3.63, 3.8) is 0 Å². The maximum absolute atomic E-state index is 12.5. The molecule has 1 heterocycles. The molecule has 3 heteroatoms. The van der Waals surface area contributed by atoms with Gasteiger partial charge in [0.1, 0.15) is 0 Å². The van der Waals surface area contributed by atoms with E-state index in [0.29, 0.717) is 0 Å². The van der Waals surface area contributed by atoms with E-state index in [-0.39, 0.29) is 5.91 Å². The quantitative estimate of drug-likeness (QED) is 0.754. The van der Waals surface area contributed by atoms with E-state index in [2.05, 4.69) is 28.9 Å². The summed E-state index contributed by atoms with van der Waals surface area (Å²) in [5.41, 5.74) is 0.796. The fourth-order valence-electron chi connectivity index (χ4n) is 2.77. The topological polar surface area (TPSA) is 20.3 Å². The lowest BCUT2D eigenvalue weighted by Gasteiger charge is -2.30. The Morgan fingerprint density at radius 1 is 1.20 bits per heavy atom. The molecule has 1 saturated heterocycles. The molecular weight excluding hydrogens is 314 g/mol. The van der Waals surface area contributed by atoms with Crippen LogP contribution in [0, 0.1) is 5.92 Å². The van der Waals surface area contributed by atoms with Gasteiger partial charge in [-0.25, -0.2) is 0 Å². The molecule has 1 amide bonds. The minimum absolute atomic E-state index is 0.166. The Hall–Kier alpha value is -1.35. The van der Waals surface area contributed by atoms with Crippen LogP contribution >= 0.6 is 15.9 Å². The summed E-state index contributed by atoms with van der Waals surface area (Å²) in [6.45, 7) is 4.03. The molecule has 0 radical (unpaired) electrons. The summed E-state index contributed by atoms with van der Waals surface area (Å²) in [5.74, 6) is 0.908. The van der Waals surface area contributed by atoms with Gasteiger partial charge >= 0.3 is 0 Å². The first kappa shape index (κ1) is 13.6. The molecule has 0 unspecified atom stereocenters. The Morgan fingerprint density at radius 2 is 1.95 bits per heavy atom. The number of amides is 1. The molecule has 20 heavy (non-hydrogen) atoms. The molecule has 0 aliphatic carbocycles. The van der Waals surface area contributed by atoms with Crippen molar-refractivity contribution in [3.05, 3.63) is 46.4 Å². The molecule has 0 saturated carbocycles. The smallest absolute Gasteiger partial charge is 0.253 e. The van der Waals surface area contributed by atoms with Crippen LogP contribution in [0.3, 0.4) is 0 Å². The molecule has 1 aliphatic rings. The Bertz CT molecular complexity index is 644. The van der Waals surface area contributed by atoms with Crippen LogP contribution in [-0.4, -0.2) is 23.9 Å². The van der Waals surface area contributed by atoms with Gasteiger partial charge in [0.25, 0.3) is 5.91 Å². The maximum atomic E-state index is 12.5. The number of piperidine rings is 1. The summed E-state index contributed by atoms with van der Waals surface area (Å²) in [7, 11) is 0. The SMILES string of the molecule is CC1CCN(C(=O)c2ccc3c(Br)cccc3c2)CC1. The molecular formula is C17H18BrNO. The molecule has 0 atom stereocenters. The molecule has 1 fully saturated rings. The Balaban J connectivity index is 1.88. The van der Waals surface area contributed by atoms with E-state index >= 15 is 0 Å². The molecule has 3 rings (SSSR count). The van der Waals surface area contributed by atoms with E-state index < -0.39 is 0 Å². The second kappa shape index (κ2) is 5.57. The highest BCUT2D eigenvalue weighted by Gasteiger charge is 2.21. The lowest BCUT2D eigenvalue weighted by atomic mass is 9.98. The van der Waals surface area contributed by atoms with Crippen molar-refractivity contribution in [1.29, 1.82) is 0 Å². The number of carbonyl (C=O) groups is 1. The summed E-state index contributed by atoms with van der Waals surface area (Å²) in [6.07, 6.45) is 2.23. The second-order valence-electron chi connectivity index (χ2n) is 5.65. The summed E-state index contributed by atoms with van der Waals surface area (Å²) in [5, 5.41) is 2.26. The maximum Gasteiger partial charge on any atom is 0.253 e. The lowest BCUT2D eigenvalue weighted by Crippen LogP contribution is -2.37. The van der Waals surface area contributed by atoms with Crippen molar-refractivity contribution in [3.8, 4) is 0 Å².